The lowest BCUT2D eigenvalue weighted by atomic mass is 9.80. The summed E-state index contributed by atoms with van der Waals surface area (Å²) in [6, 6.07) is 0. The van der Waals surface area contributed by atoms with Crippen molar-refractivity contribution in [1.82, 2.24) is 0 Å². The molecular weight excluding hydrogens is 180 g/mol. The maximum Gasteiger partial charge on any atom is 0.0520 e. The Bertz CT molecular complexity index is 118. The fourth-order valence-electron chi connectivity index (χ4n) is 1.67. The first-order valence-corrected chi connectivity index (χ1v) is 5.21. The van der Waals surface area contributed by atoms with Gasteiger partial charge in [0, 0.05) is 34.5 Å². The van der Waals surface area contributed by atoms with Crippen molar-refractivity contribution in [1.29, 1.82) is 0 Å². The molecule has 0 saturated carbocycles. The summed E-state index contributed by atoms with van der Waals surface area (Å²) in [5.41, 5.74) is 0.223. The number of ether oxygens (including phenoxy) is 3. The second-order valence-electron chi connectivity index (χ2n) is 3.77. The summed E-state index contributed by atoms with van der Waals surface area (Å²) in [6.07, 6.45) is 3.18. The van der Waals surface area contributed by atoms with E-state index in [1.807, 2.05) is 0 Å². The van der Waals surface area contributed by atoms with Gasteiger partial charge in [-0.2, -0.15) is 0 Å². The van der Waals surface area contributed by atoms with Crippen molar-refractivity contribution < 1.29 is 14.2 Å². The Labute approximate surface area is 87.7 Å². The van der Waals surface area contributed by atoms with E-state index >= 15 is 0 Å². The van der Waals surface area contributed by atoms with Gasteiger partial charge in [0.1, 0.15) is 0 Å². The summed E-state index contributed by atoms with van der Waals surface area (Å²) >= 11 is 0. The van der Waals surface area contributed by atoms with Crippen LogP contribution in [0.1, 0.15) is 26.2 Å². The topological polar surface area (TPSA) is 27.7 Å². The summed E-state index contributed by atoms with van der Waals surface area (Å²) in [5, 5.41) is 0. The average molecular weight is 204 g/mol. The Kier molecular flexibility index (Phi) is 8.14. The van der Waals surface area contributed by atoms with Crippen LogP contribution in [0.5, 0.6) is 0 Å². The van der Waals surface area contributed by atoms with Gasteiger partial charge in [-0.1, -0.05) is 6.92 Å². The van der Waals surface area contributed by atoms with Gasteiger partial charge in [-0.15, -0.1) is 0 Å². The molecule has 0 aliphatic carbocycles. The van der Waals surface area contributed by atoms with Crippen LogP contribution in [0.4, 0.5) is 0 Å². The Morgan fingerprint density at radius 3 is 1.64 bits per heavy atom. The zero-order valence-electron chi connectivity index (χ0n) is 9.97. The number of hydrogen-bond donors (Lipinski definition) is 0. The fourth-order valence-corrected chi connectivity index (χ4v) is 1.67. The van der Waals surface area contributed by atoms with Crippen LogP contribution in [-0.2, 0) is 14.2 Å². The molecule has 0 atom stereocenters. The van der Waals surface area contributed by atoms with E-state index in [-0.39, 0.29) is 5.41 Å². The molecule has 0 fully saturated rings. The first-order chi connectivity index (χ1) is 6.74. The standard InChI is InChI=1S/C11H24O3/c1-5-11(10-14-4,6-8-12-2)7-9-13-3/h5-10H2,1-4H3. The van der Waals surface area contributed by atoms with Gasteiger partial charge in [0.15, 0.2) is 0 Å². The maximum atomic E-state index is 5.28. The van der Waals surface area contributed by atoms with E-state index in [0.717, 1.165) is 39.1 Å². The van der Waals surface area contributed by atoms with Gasteiger partial charge in [-0.3, -0.25) is 0 Å². The molecule has 0 rings (SSSR count). The molecule has 3 heteroatoms. The Morgan fingerprint density at radius 1 is 0.857 bits per heavy atom. The summed E-state index contributed by atoms with van der Waals surface area (Å²) in [7, 11) is 5.23. The molecule has 0 aromatic heterocycles. The zero-order chi connectivity index (χ0) is 10.9. The lowest BCUT2D eigenvalue weighted by Gasteiger charge is -2.31. The van der Waals surface area contributed by atoms with E-state index in [9.17, 15) is 0 Å². The van der Waals surface area contributed by atoms with Crippen LogP contribution in [0.15, 0.2) is 0 Å². The first-order valence-electron chi connectivity index (χ1n) is 5.21. The molecule has 3 nitrogen and oxygen atoms in total. The van der Waals surface area contributed by atoms with Crippen LogP contribution in [0, 0.1) is 5.41 Å². The van der Waals surface area contributed by atoms with E-state index < -0.39 is 0 Å². The zero-order valence-corrected chi connectivity index (χ0v) is 9.97. The van der Waals surface area contributed by atoms with Crippen molar-refractivity contribution in [3.8, 4) is 0 Å². The molecular formula is C11H24O3. The second kappa shape index (κ2) is 8.21. The van der Waals surface area contributed by atoms with Crippen LogP contribution in [0.2, 0.25) is 0 Å². The van der Waals surface area contributed by atoms with Gasteiger partial charge < -0.3 is 14.2 Å². The summed E-state index contributed by atoms with van der Waals surface area (Å²) in [6.45, 7) is 4.57. The van der Waals surface area contributed by atoms with Gasteiger partial charge >= 0.3 is 0 Å². The maximum absolute atomic E-state index is 5.28. The lowest BCUT2D eigenvalue weighted by Crippen LogP contribution is -2.29. The third-order valence-corrected chi connectivity index (χ3v) is 2.87. The van der Waals surface area contributed by atoms with E-state index in [1.165, 1.54) is 0 Å². The molecule has 0 aromatic rings. The average Bonchev–Trinajstić information content (AvgIpc) is 2.22. The first kappa shape index (κ1) is 13.9. The summed E-state index contributed by atoms with van der Waals surface area (Å²) in [5.74, 6) is 0. The van der Waals surface area contributed by atoms with E-state index in [4.69, 9.17) is 14.2 Å². The Hall–Kier alpha value is -0.120. The molecule has 0 radical (unpaired) electrons. The number of hydrogen-bond acceptors (Lipinski definition) is 3. The van der Waals surface area contributed by atoms with Gasteiger partial charge in [0.2, 0.25) is 0 Å². The highest BCUT2D eigenvalue weighted by atomic mass is 16.5. The molecule has 0 spiro atoms. The SMILES string of the molecule is CCC(CCOC)(CCOC)COC. The van der Waals surface area contributed by atoms with Crippen molar-refractivity contribution >= 4 is 0 Å². The van der Waals surface area contributed by atoms with Gasteiger partial charge in [-0.05, 0) is 24.7 Å². The normalized spacial score (nSPS) is 12.0. The molecule has 0 heterocycles. The van der Waals surface area contributed by atoms with Crippen molar-refractivity contribution in [2.45, 2.75) is 26.2 Å². The molecule has 0 aliphatic rings. The molecule has 0 aliphatic heterocycles. The van der Waals surface area contributed by atoms with Crippen LogP contribution < -0.4 is 0 Å². The van der Waals surface area contributed by atoms with Crippen LogP contribution >= 0.6 is 0 Å². The molecule has 0 aromatic carbocycles. The smallest absolute Gasteiger partial charge is 0.0520 e. The van der Waals surface area contributed by atoms with E-state index in [2.05, 4.69) is 6.92 Å². The second-order valence-corrected chi connectivity index (χ2v) is 3.77. The predicted octanol–water partition coefficient (Wildman–Crippen LogP) is 2.10. The monoisotopic (exact) mass is 204 g/mol. The van der Waals surface area contributed by atoms with Crippen LogP contribution in [0.25, 0.3) is 0 Å². The van der Waals surface area contributed by atoms with Gasteiger partial charge in [0.25, 0.3) is 0 Å². The molecule has 0 unspecified atom stereocenters. The van der Waals surface area contributed by atoms with Gasteiger partial charge in [-0.25, -0.2) is 0 Å². The fraction of sp³-hybridized carbons (Fsp3) is 1.00. The molecule has 14 heavy (non-hydrogen) atoms. The van der Waals surface area contributed by atoms with E-state index in [1.54, 1.807) is 21.3 Å². The highest BCUT2D eigenvalue weighted by Gasteiger charge is 2.27. The summed E-state index contributed by atoms with van der Waals surface area (Å²) < 4.78 is 15.5. The minimum Gasteiger partial charge on any atom is -0.385 e. The van der Waals surface area contributed by atoms with Crippen LogP contribution in [-0.4, -0.2) is 41.2 Å². The Morgan fingerprint density at radius 2 is 1.36 bits per heavy atom. The van der Waals surface area contributed by atoms with Crippen molar-refractivity contribution in [2.75, 3.05) is 41.2 Å². The summed E-state index contributed by atoms with van der Waals surface area (Å²) in [4.78, 5) is 0. The highest BCUT2D eigenvalue weighted by molar-refractivity contribution is 4.77. The molecule has 86 valence electrons. The van der Waals surface area contributed by atoms with Crippen molar-refractivity contribution in [3.63, 3.8) is 0 Å². The highest BCUT2D eigenvalue weighted by Crippen LogP contribution is 2.31. The van der Waals surface area contributed by atoms with Crippen molar-refractivity contribution in [3.05, 3.63) is 0 Å². The predicted molar refractivity (Wildman–Crippen MR) is 57.6 cm³/mol. The van der Waals surface area contributed by atoms with Crippen LogP contribution in [0.3, 0.4) is 0 Å². The minimum absolute atomic E-state index is 0.223. The van der Waals surface area contributed by atoms with Gasteiger partial charge in [0.05, 0.1) is 6.61 Å². The molecule has 0 amide bonds. The molecule has 0 N–H and O–H groups in total. The Balaban J connectivity index is 4.11. The quantitative estimate of drug-likeness (QED) is 0.575. The third kappa shape index (κ3) is 4.94. The molecule has 0 bridgehead atoms. The lowest BCUT2D eigenvalue weighted by molar-refractivity contribution is 0.0208. The van der Waals surface area contributed by atoms with Crippen molar-refractivity contribution in [2.24, 2.45) is 5.41 Å². The number of methoxy groups -OCH3 is 3. The largest absolute Gasteiger partial charge is 0.385 e. The third-order valence-electron chi connectivity index (χ3n) is 2.87. The number of rotatable bonds is 9. The molecule has 0 saturated heterocycles. The minimum atomic E-state index is 0.223. The van der Waals surface area contributed by atoms with E-state index in [0.29, 0.717) is 0 Å².